The van der Waals surface area contributed by atoms with Crippen molar-refractivity contribution in [3.05, 3.63) is 39.9 Å². The third-order valence-corrected chi connectivity index (χ3v) is 5.25. The van der Waals surface area contributed by atoms with Gasteiger partial charge in [0.15, 0.2) is 0 Å². The third kappa shape index (κ3) is 4.39. The van der Waals surface area contributed by atoms with Gasteiger partial charge in [-0.25, -0.2) is 0 Å². The molecule has 0 saturated carbocycles. The van der Waals surface area contributed by atoms with Crippen molar-refractivity contribution < 1.29 is 17.9 Å². The van der Waals surface area contributed by atoms with E-state index in [1.165, 1.54) is 24.3 Å². The predicted octanol–water partition coefficient (Wildman–Crippen LogP) is 0.602. The zero-order chi connectivity index (χ0) is 11.5. The van der Waals surface area contributed by atoms with Crippen molar-refractivity contribution >= 4 is 28.1 Å². The molecule has 0 amide bonds. The summed E-state index contributed by atoms with van der Waals surface area (Å²) in [5, 5.41) is 10.5. The molecule has 1 aromatic carbocycles. The molecule has 0 aliphatic rings. The number of nitro benzene ring substituents is 1. The molecule has 0 heterocycles. The van der Waals surface area contributed by atoms with Gasteiger partial charge in [0.1, 0.15) is 0 Å². The fourth-order valence-corrected chi connectivity index (χ4v) is 3.34. The minimum absolute atomic E-state index is 0.0434. The summed E-state index contributed by atoms with van der Waals surface area (Å²) in [6, 6.07) is 5.56. The second-order valence-corrected chi connectivity index (χ2v) is 8.45. The van der Waals surface area contributed by atoms with E-state index in [9.17, 15) is 18.5 Å². The Balaban J connectivity index is 2.69. The fourth-order valence-electron chi connectivity index (χ4n) is 0.856. The fraction of sp³-hybridized carbons (Fsp3) is 0.143. The van der Waals surface area contributed by atoms with Gasteiger partial charge in [-0.05, 0) is 0 Å². The van der Waals surface area contributed by atoms with E-state index in [4.69, 9.17) is 4.55 Å². The van der Waals surface area contributed by atoms with Gasteiger partial charge in [-0.15, -0.1) is 0 Å². The van der Waals surface area contributed by atoms with Crippen LogP contribution in [-0.4, -0.2) is 31.7 Å². The number of rotatable bonds is 4. The van der Waals surface area contributed by atoms with Gasteiger partial charge >= 0.3 is 91.2 Å². The van der Waals surface area contributed by atoms with Crippen LogP contribution in [0.4, 0.5) is 5.69 Å². The Morgan fingerprint density at radius 2 is 1.87 bits per heavy atom. The van der Waals surface area contributed by atoms with Crippen molar-refractivity contribution in [2.24, 2.45) is 0 Å². The minimum atomic E-state index is -3.92. The zero-order valence-corrected chi connectivity index (χ0v) is 9.89. The van der Waals surface area contributed by atoms with E-state index in [1.54, 1.807) is 0 Å². The van der Waals surface area contributed by atoms with Crippen LogP contribution in [0.3, 0.4) is 0 Å². The summed E-state index contributed by atoms with van der Waals surface area (Å²) in [4.78, 5) is 9.77. The van der Waals surface area contributed by atoms with Crippen LogP contribution in [-0.2, 0) is 13.9 Å². The second-order valence-electron chi connectivity index (χ2n) is 2.61. The number of nitro groups is 1. The molecule has 0 spiro atoms. The topological polar surface area (TPSA) is 97.5 Å². The van der Waals surface area contributed by atoms with Crippen LogP contribution >= 0.6 is 0 Å². The summed E-state index contributed by atoms with van der Waals surface area (Å²) in [6.45, 7) is 0. The van der Waals surface area contributed by atoms with E-state index in [1.807, 2.05) is 0 Å². The number of nitrogens with zero attached hydrogens (tertiary/aromatic N) is 1. The van der Waals surface area contributed by atoms with E-state index in [0.29, 0.717) is 5.56 Å². The molecule has 0 bridgehead atoms. The normalized spacial score (nSPS) is 11.3. The number of hydrogen-bond donors (Lipinski definition) is 1. The summed E-state index contributed by atoms with van der Waals surface area (Å²) < 4.78 is 29.4. The quantitative estimate of drug-likeness (QED) is 0.380. The van der Waals surface area contributed by atoms with Gasteiger partial charge in [-0.3, -0.25) is 0 Å². The second kappa shape index (κ2) is 4.71. The molecule has 0 atom stereocenters. The van der Waals surface area contributed by atoms with Gasteiger partial charge < -0.3 is 0 Å². The molecule has 1 N–H and O–H groups in total. The molecule has 1 rings (SSSR count). The molecule has 0 radical (unpaired) electrons. The standard InChI is InChI=1S/C7H7NO5SSe/c9-8(10)7-3-1-6(2-4-7)5-15-14(11,12)13/h1-4H,5H2,(H,11,12,13). The summed E-state index contributed by atoms with van der Waals surface area (Å²) in [5.41, 5.74) is 0.608. The molecule has 1 aromatic rings. The van der Waals surface area contributed by atoms with E-state index in [2.05, 4.69) is 0 Å². The maximum atomic E-state index is 10.5. The Hall–Kier alpha value is -0.951. The summed E-state index contributed by atoms with van der Waals surface area (Å²) in [7, 11) is -3.92. The summed E-state index contributed by atoms with van der Waals surface area (Å²) >= 11 is -0.941. The monoisotopic (exact) mass is 297 g/mol. The van der Waals surface area contributed by atoms with Crippen LogP contribution in [0, 0.1) is 10.1 Å². The summed E-state index contributed by atoms with van der Waals surface area (Å²) in [6.07, 6.45) is 0. The Kier molecular flexibility index (Phi) is 3.81. The number of non-ortho nitro benzene ring substituents is 1. The number of hydrogen-bond acceptors (Lipinski definition) is 4. The first kappa shape index (κ1) is 12.1. The van der Waals surface area contributed by atoms with Crippen LogP contribution in [0.2, 0.25) is 0 Å². The molecule has 0 fully saturated rings. The van der Waals surface area contributed by atoms with Gasteiger partial charge in [0.05, 0.1) is 0 Å². The van der Waals surface area contributed by atoms with E-state index in [-0.39, 0.29) is 11.0 Å². The zero-order valence-electron chi connectivity index (χ0n) is 7.36. The Morgan fingerprint density at radius 3 is 2.27 bits per heavy atom. The van der Waals surface area contributed by atoms with Gasteiger partial charge in [0.2, 0.25) is 0 Å². The maximum absolute atomic E-state index is 10.5. The molecule has 15 heavy (non-hydrogen) atoms. The van der Waals surface area contributed by atoms with Crippen LogP contribution in [0.15, 0.2) is 24.3 Å². The molecule has 0 unspecified atom stereocenters. The van der Waals surface area contributed by atoms with Crippen LogP contribution < -0.4 is 0 Å². The van der Waals surface area contributed by atoms with Crippen molar-refractivity contribution in [1.29, 1.82) is 0 Å². The average Bonchev–Trinajstić information content (AvgIpc) is 2.14. The van der Waals surface area contributed by atoms with Crippen LogP contribution in [0.25, 0.3) is 0 Å². The van der Waals surface area contributed by atoms with Gasteiger partial charge in [-0.2, -0.15) is 0 Å². The molecule has 0 aliphatic carbocycles. The van der Waals surface area contributed by atoms with Crippen molar-refractivity contribution in [2.75, 3.05) is 0 Å². The van der Waals surface area contributed by atoms with Crippen LogP contribution in [0.5, 0.6) is 0 Å². The SMILES string of the molecule is O=[N+]([O-])c1ccc(C[Se]S(=O)(=O)O)cc1. The van der Waals surface area contributed by atoms with E-state index >= 15 is 0 Å². The molecule has 0 saturated heterocycles. The Bertz CT molecular complexity index is 455. The average molecular weight is 296 g/mol. The predicted molar refractivity (Wildman–Crippen MR) is 54.1 cm³/mol. The van der Waals surface area contributed by atoms with Crippen molar-refractivity contribution in [3.8, 4) is 0 Å². The van der Waals surface area contributed by atoms with Crippen molar-refractivity contribution in [2.45, 2.75) is 5.32 Å². The summed E-state index contributed by atoms with van der Waals surface area (Å²) in [5.74, 6) is 0. The first-order chi connectivity index (χ1) is 6.88. The molecule has 0 aromatic heterocycles. The van der Waals surface area contributed by atoms with Gasteiger partial charge in [0.25, 0.3) is 0 Å². The Morgan fingerprint density at radius 1 is 1.33 bits per heavy atom. The molecule has 8 heteroatoms. The third-order valence-electron chi connectivity index (χ3n) is 1.52. The van der Waals surface area contributed by atoms with Crippen LogP contribution in [0.1, 0.15) is 5.56 Å². The molecular formula is C7H7NO5SSe. The molecular weight excluding hydrogens is 289 g/mol. The van der Waals surface area contributed by atoms with Crippen molar-refractivity contribution in [3.63, 3.8) is 0 Å². The molecule has 0 aliphatic heterocycles. The Labute approximate surface area is 91.4 Å². The van der Waals surface area contributed by atoms with E-state index < -0.39 is 27.3 Å². The van der Waals surface area contributed by atoms with Gasteiger partial charge in [-0.1, -0.05) is 0 Å². The molecule has 82 valence electrons. The first-order valence-corrected chi connectivity index (χ1v) is 8.41. The molecule has 6 nitrogen and oxygen atoms in total. The first-order valence-electron chi connectivity index (χ1n) is 3.73. The van der Waals surface area contributed by atoms with E-state index in [0.717, 1.165) is 0 Å². The van der Waals surface area contributed by atoms with Crippen molar-refractivity contribution in [1.82, 2.24) is 0 Å². The number of benzene rings is 1. The van der Waals surface area contributed by atoms with Gasteiger partial charge in [0, 0.05) is 0 Å².